The Bertz CT molecular complexity index is 236. The van der Waals surface area contributed by atoms with Crippen LogP contribution in [0, 0.1) is 23.3 Å². The molecule has 0 aliphatic rings. The summed E-state index contributed by atoms with van der Waals surface area (Å²) in [5.41, 5.74) is 3.30. The molecule has 0 bridgehead atoms. The van der Waals surface area contributed by atoms with E-state index in [0.717, 1.165) is 12.8 Å². The monoisotopic (exact) mass is 192 g/mol. The molecule has 13 heavy (non-hydrogen) atoms. The van der Waals surface area contributed by atoms with Crippen LogP contribution in [0.15, 0.2) is 0 Å². The summed E-state index contributed by atoms with van der Waals surface area (Å²) in [6, 6.07) is 0. The van der Waals surface area contributed by atoms with Gasteiger partial charge in [0.2, 0.25) is 0 Å². The summed E-state index contributed by atoms with van der Waals surface area (Å²) in [4.78, 5) is 0. The van der Waals surface area contributed by atoms with Crippen LogP contribution in [-0.4, -0.2) is 8.07 Å². The molecular formula is C12H20Si. The Balaban J connectivity index is 3.62. The van der Waals surface area contributed by atoms with Crippen molar-refractivity contribution in [2.75, 3.05) is 0 Å². The van der Waals surface area contributed by atoms with Crippen molar-refractivity contribution in [2.45, 2.75) is 52.2 Å². The summed E-state index contributed by atoms with van der Waals surface area (Å²) in [6.07, 6.45) is 4.24. The van der Waals surface area contributed by atoms with Gasteiger partial charge in [0.05, 0.1) is 6.42 Å². The van der Waals surface area contributed by atoms with Gasteiger partial charge >= 0.3 is 0 Å². The molecule has 0 spiro atoms. The molecule has 0 rings (SSSR count). The summed E-state index contributed by atoms with van der Waals surface area (Å²) in [5.74, 6) is 9.37. The fourth-order valence-electron chi connectivity index (χ4n) is 0.770. The van der Waals surface area contributed by atoms with E-state index >= 15 is 0 Å². The van der Waals surface area contributed by atoms with Gasteiger partial charge in [-0.15, -0.1) is 11.5 Å². The maximum atomic E-state index is 3.30. The second kappa shape index (κ2) is 6.81. The Hall–Kier alpha value is -0.663. The highest BCUT2D eigenvalue weighted by Crippen LogP contribution is 1.96. The predicted molar refractivity (Wildman–Crippen MR) is 63.0 cm³/mol. The van der Waals surface area contributed by atoms with Crippen LogP contribution in [-0.2, 0) is 0 Å². The third-order valence-electron chi connectivity index (χ3n) is 1.42. The van der Waals surface area contributed by atoms with Crippen LogP contribution in [0.4, 0.5) is 0 Å². The Morgan fingerprint density at radius 3 is 2.23 bits per heavy atom. The van der Waals surface area contributed by atoms with Crippen molar-refractivity contribution in [3.8, 4) is 23.3 Å². The number of hydrogen-bond acceptors (Lipinski definition) is 0. The summed E-state index contributed by atoms with van der Waals surface area (Å²) in [7, 11) is -1.16. The van der Waals surface area contributed by atoms with E-state index in [0.29, 0.717) is 0 Å². The number of unbranched alkanes of at least 4 members (excludes halogenated alkanes) is 2. The van der Waals surface area contributed by atoms with E-state index in [1.807, 2.05) is 0 Å². The minimum absolute atomic E-state index is 0.758. The van der Waals surface area contributed by atoms with Gasteiger partial charge < -0.3 is 0 Å². The molecule has 0 nitrogen and oxygen atoms in total. The van der Waals surface area contributed by atoms with E-state index in [4.69, 9.17) is 0 Å². The highest BCUT2D eigenvalue weighted by Gasteiger charge is 2.06. The van der Waals surface area contributed by atoms with Crippen LogP contribution >= 0.6 is 0 Å². The first kappa shape index (κ1) is 12.3. The van der Waals surface area contributed by atoms with Gasteiger partial charge in [0.1, 0.15) is 8.07 Å². The van der Waals surface area contributed by atoms with E-state index in [-0.39, 0.29) is 0 Å². The van der Waals surface area contributed by atoms with E-state index < -0.39 is 8.07 Å². The number of rotatable bonds is 2. The molecule has 0 atom stereocenters. The highest BCUT2D eigenvalue weighted by atomic mass is 28.3. The van der Waals surface area contributed by atoms with Gasteiger partial charge in [0, 0.05) is 6.42 Å². The lowest BCUT2D eigenvalue weighted by atomic mass is 10.2. The van der Waals surface area contributed by atoms with Crippen LogP contribution in [0.2, 0.25) is 19.6 Å². The second-order valence-electron chi connectivity index (χ2n) is 4.19. The SMILES string of the molecule is CCCCC#CCC#C[Si](C)(C)C. The Kier molecular flexibility index (Phi) is 6.46. The first-order valence-corrected chi connectivity index (χ1v) is 8.52. The molecule has 0 saturated heterocycles. The fraction of sp³-hybridized carbons (Fsp3) is 0.667. The summed E-state index contributed by atoms with van der Waals surface area (Å²) in [5, 5.41) is 0. The molecule has 0 N–H and O–H groups in total. The maximum absolute atomic E-state index is 3.30. The average Bonchev–Trinajstić information content (AvgIpc) is 2.01. The molecule has 0 aliphatic heterocycles. The molecule has 0 aromatic rings. The van der Waals surface area contributed by atoms with Crippen LogP contribution < -0.4 is 0 Å². The van der Waals surface area contributed by atoms with E-state index in [2.05, 4.69) is 49.9 Å². The lowest BCUT2D eigenvalue weighted by Crippen LogP contribution is -2.16. The Morgan fingerprint density at radius 2 is 1.69 bits per heavy atom. The van der Waals surface area contributed by atoms with Crippen LogP contribution in [0.1, 0.15) is 32.6 Å². The van der Waals surface area contributed by atoms with Gasteiger partial charge in [-0.3, -0.25) is 0 Å². The van der Waals surface area contributed by atoms with Crippen molar-refractivity contribution in [1.82, 2.24) is 0 Å². The van der Waals surface area contributed by atoms with Crippen LogP contribution in [0.3, 0.4) is 0 Å². The average molecular weight is 192 g/mol. The molecule has 0 unspecified atom stereocenters. The standard InChI is InChI=1S/C12H20Si/c1-5-6-7-8-9-10-11-12-13(2,3)4/h5-7,10H2,1-4H3. The van der Waals surface area contributed by atoms with Gasteiger partial charge in [-0.05, 0) is 6.42 Å². The van der Waals surface area contributed by atoms with Crippen molar-refractivity contribution in [1.29, 1.82) is 0 Å². The third kappa shape index (κ3) is 11.3. The molecule has 0 aliphatic carbocycles. The normalized spacial score (nSPS) is 9.54. The third-order valence-corrected chi connectivity index (χ3v) is 2.35. The van der Waals surface area contributed by atoms with Crippen LogP contribution in [0.5, 0.6) is 0 Å². The van der Waals surface area contributed by atoms with Crippen LogP contribution in [0.25, 0.3) is 0 Å². The van der Waals surface area contributed by atoms with Gasteiger partial charge in [-0.1, -0.05) is 44.8 Å². The smallest absolute Gasteiger partial charge is 0.129 e. The molecule has 0 heterocycles. The minimum Gasteiger partial charge on any atom is -0.131 e. The maximum Gasteiger partial charge on any atom is 0.129 e. The fourth-order valence-corrected chi connectivity index (χ4v) is 1.39. The molecule has 0 fully saturated rings. The molecule has 0 aromatic carbocycles. The van der Waals surface area contributed by atoms with Gasteiger partial charge in [-0.25, -0.2) is 0 Å². The largest absolute Gasteiger partial charge is 0.131 e. The number of hydrogen-bond donors (Lipinski definition) is 0. The molecule has 0 radical (unpaired) electrons. The quantitative estimate of drug-likeness (QED) is 0.357. The van der Waals surface area contributed by atoms with E-state index in [9.17, 15) is 0 Å². The molecule has 0 saturated carbocycles. The lowest BCUT2D eigenvalue weighted by Gasteiger charge is -2.02. The molecule has 0 aromatic heterocycles. The topological polar surface area (TPSA) is 0 Å². The molecule has 1 heteroatoms. The van der Waals surface area contributed by atoms with Crippen molar-refractivity contribution in [2.24, 2.45) is 0 Å². The first-order valence-electron chi connectivity index (χ1n) is 5.02. The minimum atomic E-state index is -1.16. The van der Waals surface area contributed by atoms with Crippen molar-refractivity contribution in [3.05, 3.63) is 0 Å². The molecular weight excluding hydrogens is 172 g/mol. The zero-order chi connectivity index (χ0) is 10.2. The second-order valence-corrected chi connectivity index (χ2v) is 8.94. The summed E-state index contributed by atoms with van der Waals surface area (Å²) >= 11 is 0. The van der Waals surface area contributed by atoms with Gasteiger partial charge in [0.15, 0.2) is 0 Å². The summed E-state index contributed by atoms with van der Waals surface area (Å²) < 4.78 is 0. The highest BCUT2D eigenvalue weighted by molar-refractivity contribution is 6.83. The van der Waals surface area contributed by atoms with E-state index in [1.54, 1.807) is 0 Å². The van der Waals surface area contributed by atoms with Crippen molar-refractivity contribution >= 4 is 8.07 Å². The summed E-state index contributed by atoms with van der Waals surface area (Å²) in [6.45, 7) is 8.95. The Labute approximate surface area is 84.1 Å². The van der Waals surface area contributed by atoms with Crippen molar-refractivity contribution in [3.63, 3.8) is 0 Å². The molecule has 0 amide bonds. The lowest BCUT2D eigenvalue weighted by molar-refractivity contribution is 0.828. The zero-order valence-corrected chi connectivity index (χ0v) is 10.3. The Morgan fingerprint density at radius 1 is 1.00 bits per heavy atom. The molecule has 72 valence electrons. The van der Waals surface area contributed by atoms with E-state index in [1.165, 1.54) is 12.8 Å². The zero-order valence-electron chi connectivity index (χ0n) is 9.33. The van der Waals surface area contributed by atoms with Crippen molar-refractivity contribution < 1.29 is 0 Å². The predicted octanol–water partition coefficient (Wildman–Crippen LogP) is 3.45. The first-order chi connectivity index (χ1) is 6.06. The van der Waals surface area contributed by atoms with Gasteiger partial charge in [-0.2, -0.15) is 0 Å². The van der Waals surface area contributed by atoms with Gasteiger partial charge in [0.25, 0.3) is 0 Å².